The fourth-order valence-electron chi connectivity index (χ4n) is 3.32. The molecule has 0 radical (unpaired) electrons. The van der Waals surface area contributed by atoms with Crippen LogP contribution in [0.25, 0.3) is 11.3 Å². The fraction of sp³-hybridized carbons (Fsp3) is 0.438. The van der Waals surface area contributed by atoms with Crippen molar-refractivity contribution in [1.82, 2.24) is 9.80 Å². The lowest BCUT2D eigenvalue weighted by molar-refractivity contribution is 0.0690. The monoisotopic (exact) mass is 302 g/mol. The van der Waals surface area contributed by atoms with E-state index in [9.17, 15) is 4.79 Å². The first kappa shape index (κ1) is 13.1. The number of furan rings is 1. The summed E-state index contributed by atoms with van der Waals surface area (Å²) in [5.74, 6) is 1.01. The molecular weight excluding hydrogens is 284 g/mol. The van der Waals surface area contributed by atoms with E-state index in [0.29, 0.717) is 6.04 Å². The van der Waals surface area contributed by atoms with E-state index in [-0.39, 0.29) is 5.91 Å². The number of hydrogen-bond donors (Lipinski definition) is 0. The largest absolute Gasteiger partial charge is 0.464 e. The zero-order valence-electron chi connectivity index (χ0n) is 11.8. The SMILES string of the molecule is O=C(c1cc(-c2ccco2)cs1)N1CCN2CCC1CC2. The maximum atomic E-state index is 12.8. The van der Waals surface area contributed by atoms with Crippen molar-refractivity contribution in [3.05, 3.63) is 34.7 Å². The Morgan fingerprint density at radius 3 is 2.86 bits per heavy atom. The summed E-state index contributed by atoms with van der Waals surface area (Å²) in [5.41, 5.74) is 0.997. The summed E-state index contributed by atoms with van der Waals surface area (Å²) in [6.45, 7) is 4.14. The molecule has 3 aliphatic rings. The Balaban J connectivity index is 1.57. The van der Waals surface area contributed by atoms with Crippen LogP contribution in [0.5, 0.6) is 0 Å². The third kappa shape index (κ3) is 2.40. The molecule has 2 aromatic heterocycles. The van der Waals surface area contributed by atoms with Crippen LogP contribution in [0.1, 0.15) is 22.5 Å². The second kappa shape index (κ2) is 5.31. The van der Waals surface area contributed by atoms with Crippen molar-refractivity contribution in [3.8, 4) is 11.3 Å². The van der Waals surface area contributed by atoms with Crippen LogP contribution in [0.4, 0.5) is 0 Å². The lowest BCUT2D eigenvalue weighted by atomic mass is 10.1. The number of rotatable bonds is 2. The normalized spacial score (nSPS) is 25.0. The minimum Gasteiger partial charge on any atom is -0.464 e. The van der Waals surface area contributed by atoms with E-state index in [2.05, 4.69) is 9.80 Å². The van der Waals surface area contributed by atoms with Gasteiger partial charge in [-0.15, -0.1) is 11.3 Å². The summed E-state index contributed by atoms with van der Waals surface area (Å²) in [7, 11) is 0. The highest BCUT2D eigenvalue weighted by molar-refractivity contribution is 7.12. The lowest BCUT2D eigenvalue weighted by Crippen LogP contribution is -2.41. The fourth-order valence-corrected chi connectivity index (χ4v) is 4.17. The van der Waals surface area contributed by atoms with E-state index in [4.69, 9.17) is 4.42 Å². The van der Waals surface area contributed by atoms with Crippen LogP contribution < -0.4 is 0 Å². The number of thiophene rings is 1. The van der Waals surface area contributed by atoms with Gasteiger partial charge < -0.3 is 14.2 Å². The third-order valence-electron chi connectivity index (χ3n) is 4.53. The lowest BCUT2D eigenvalue weighted by Gasteiger charge is -2.31. The molecule has 0 N–H and O–H groups in total. The Kier molecular flexibility index (Phi) is 3.31. The van der Waals surface area contributed by atoms with Crippen LogP contribution in [-0.4, -0.2) is 47.9 Å². The summed E-state index contributed by atoms with van der Waals surface area (Å²) in [4.78, 5) is 18.2. The first-order valence-corrected chi connectivity index (χ1v) is 8.35. The maximum absolute atomic E-state index is 12.8. The minimum absolute atomic E-state index is 0.187. The Morgan fingerprint density at radius 1 is 1.24 bits per heavy atom. The highest BCUT2D eigenvalue weighted by Gasteiger charge is 2.32. The van der Waals surface area contributed by atoms with Gasteiger partial charge in [-0.2, -0.15) is 0 Å². The molecule has 110 valence electrons. The molecular formula is C16H18N2O2S. The zero-order valence-corrected chi connectivity index (χ0v) is 12.6. The highest BCUT2D eigenvalue weighted by Crippen LogP contribution is 2.29. The van der Waals surface area contributed by atoms with E-state index in [1.807, 2.05) is 23.6 Å². The predicted octanol–water partition coefficient (Wildman–Crippen LogP) is 2.93. The number of carbonyl (C=O) groups excluding carboxylic acids is 1. The quantitative estimate of drug-likeness (QED) is 0.856. The number of carbonyl (C=O) groups is 1. The molecule has 3 aliphatic heterocycles. The van der Waals surface area contributed by atoms with Crippen molar-refractivity contribution < 1.29 is 9.21 Å². The van der Waals surface area contributed by atoms with Crippen LogP contribution >= 0.6 is 11.3 Å². The molecule has 3 fully saturated rings. The Hall–Kier alpha value is -1.59. The zero-order chi connectivity index (χ0) is 14.2. The number of piperidine rings is 1. The molecule has 0 aliphatic carbocycles. The number of fused-ring (bicyclic) bond motifs is 4. The van der Waals surface area contributed by atoms with Crippen LogP contribution in [-0.2, 0) is 0 Å². The van der Waals surface area contributed by atoms with Crippen LogP contribution in [0, 0.1) is 0 Å². The molecule has 0 spiro atoms. The molecule has 3 saturated heterocycles. The van der Waals surface area contributed by atoms with Crippen molar-refractivity contribution in [1.29, 1.82) is 0 Å². The average molecular weight is 302 g/mol. The molecule has 21 heavy (non-hydrogen) atoms. The number of nitrogens with zero attached hydrogens (tertiary/aromatic N) is 2. The van der Waals surface area contributed by atoms with Gasteiger partial charge in [0.25, 0.3) is 5.91 Å². The van der Waals surface area contributed by atoms with Gasteiger partial charge in [0.2, 0.25) is 0 Å². The van der Waals surface area contributed by atoms with Gasteiger partial charge in [0.05, 0.1) is 11.1 Å². The third-order valence-corrected chi connectivity index (χ3v) is 5.45. The van der Waals surface area contributed by atoms with Gasteiger partial charge in [0, 0.05) is 43.2 Å². The van der Waals surface area contributed by atoms with Gasteiger partial charge in [-0.3, -0.25) is 4.79 Å². The van der Waals surface area contributed by atoms with Crippen molar-refractivity contribution >= 4 is 17.2 Å². The molecule has 5 heteroatoms. The predicted molar refractivity (Wildman–Crippen MR) is 82.5 cm³/mol. The van der Waals surface area contributed by atoms with Crippen LogP contribution in [0.3, 0.4) is 0 Å². The highest BCUT2D eigenvalue weighted by atomic mass is 32.1. The van der Waals surface area contributed by atoms with E-state index in [0.717, 1.165) is 55.2 Å². The molecule has 0 unspecified atom stereocenters. The molecule has 5 rings (SSSR count). The molecule has 5 heterocycles. The molecule has 0 aromatic carbocycles. The molecule has 2 bridgehead atoms. The molecule has 2 aromatic rings. The Morgan fingerprint density at radius 2 is 2.10 bits per heavy atom. The summed E-state index contributed by atoms with van der Waals surface area (Å²) < 4.78 is 5.40. The molecule has 1 amide bonds. The van der Waals surface area contributed by atoms with Gasteiger partial charge in [0.1, 0.15) is 5.76 Å². The summed E-state index contributed by atoms with van der Waals surface area (Å²) >= 11 is 1.52. The van der Waals surface area contributed by atoms with E-state index < -0.39 is 0 Å². The van der Waals surface area contributed by atoms with Crippen molar-refractivity contribution in [2.45, 2.75) is 18.9 Å². The van der Waals surface area contributed by atoms with Gasteiger partial charge >= 0.3 is 0 Å². The van der Waals surface area contributed by atoms with Crippen LogP contribution in [0.2, 0.25) is 0 Å². The van der Waals surface area contributed by atoms with Crippen molar-refractivity contribution in [2.24, 2.45) is 0 Å². The topological polar surface area (TPSA) is 36.7 Å². The van der Waals surface area contributed by atoms with Crippen molar-refractivity contribution in [3.63, 3.8) is 0 Å². The average Bonchev–Trinajstić information content (AvgIpc) is 3.12. The minimum atomic E-state index is 0.187. The van der Waals surface area contributed by atoms with Gasteiger partial charge in [-0.1, -0.05) is 0 Å². The smallest absolute Gasteiger partial charge is 0.264 e. The standard InChI is InChI=1S/C16H18N2O2S/c19-16(18-8-7-17-5-3-13(18)4-6-17)15-10-12(11-21-15)14-2-1-9-20-14/h1-2,9-11,13H,3-8H2. The second-order valence-electron chi connectivity index (χ2n) is 5.75. The van der Waals surface area contributed by atoms with E-state index in [1.165, 1.54) is 11.3 Å². The molecule has 4 nitrogen and oxygen atoms in total. The summed E-state index contributed by atoms with van der Waals surface area (Å²) in [6.07, 6.45) is 3.89. The number of hydrogen-bond acceptors (Lipinski definition) is 4. The van der Waals surface area contributed by atoms with Gasteiger partial charge in [-0.25, -0.2) is 0 Å². The Bertz CT molecular complexity index is 627. The van der Waals surface area contributed by atoms with Crippen molar-refractivity contribution in [2.75, 3.05) is 26.2 Å². The van der Waals surface area contributed by atoms with Gasteiger partial charge in [-0.05, 0) is 31.0 Å². The second-order valence-corrected chi connectivity index (χ2v) is 6.66. The Labute approximate surface area is 128 Å². The van der Waals surface area contributed by atoms with Crippen LogP contribution in [0.15, 0.2) is 34.3 Å². The van der Waals surface area contributed by atoms with Gasteiger partial charge in [0.15, 0.2) is 0 Å². The molecule has 0 atom stereocenters. The maximum Gasteiger partial charge on any atom is 0.264 e. The first-order valence-electron chi connectivity index (χ1n) is 7.47. The number of amides is 1. The summed E-state index contributed by atoms with van der Waals surface area (Å²) in [5, 5.41) is 2.00. The summed E-state index contributed by atoms with van der Waals surface area (Å²) in [6, 6.07) is 6.18. The van der Waals surface area contributed by atoms with E-state index in [1.54, 1.807) is 6.26 Å². The molecule has 0 saturated carbocycles. The van der Waals surface area contributed by atoms with E-state index >= 15 is 0 Å². The first-order chi connectivity index (χ1) is 10.3.